The van der Waals surface area contributed by atoms with Crippen LogP contribution in [0, 0.1) is 5.92 Å². The van der Waals surface area contributed by atoms with E-state index in [1.54, 1.807) is 0 Å². The fourth-order valence-electron chi connectivity index (χ4n) is 3.24. The molecule has 0 aliphatic heterocycles. The van der Waals surface area contributed by atoms with Crippen molar-refractivity contribution in [3.8, 4) is 0 Å². The van der Waals surface area contributed by atoms with Gasteiger partial charge < -0.3 is 5.73 Å². The molecule has 1 aromatic heterocycles. The van der Waals surface area contributed by atoms with Crippen LogP contribution in [-0.4, -0.2) is 9.97 Å². The lowest BCUT2D eigenvalue weighted by Crippen LogP contribution is -2.20. The molecule has 0 spiro atoms. The second-order valence-electron chi connectivity index (χ2n) is 5.74. The first kappa shape index (κ1) is 11.1. The zero-order valence-electron chi connectivity index (χ0n) is 10.5. The van der Waals surface area contributed by atoms with Gasteiger partial charge in [-0.25, -0.2) is 9.97 Å². The van der Waals surface area contributed by atoms with Crippen molar-refractivity contribution in [2.45, 2.75) is 57.4 Å². The van der Waals surface area contributed by atoms with E-state index in [0.29, 0.717) is 5.92 Å². The molecular weight excluding hydrogens is 210 g/mol. The number of aromatic nitrogens is 2. The third-order valence-corrected chi connectivity index (χ3v) is 4.31. The van der Waals surface area contributed by atoms with E-state index >= 15 is 0 Å². The van der Waals surface area contributed by atoms with Crippen LogP contribution >= 0.6 is 0 Å². The number of fused-ring (bicyclic) bond motifs is 1. The van der Waals surface area contributed by atoms with Crippen molar-refractivity contribution in [1.82, 2.24) is 9.97 Å². The van der Waals surface area contributed by atoms with Gasteiger partial charge in [-0.15, -0.1) is 0 Å². The second kappa shape index (κ2) is 4.37. The largest absolute Gasteiger partial charge is 0.324 e. The lowest BCUT2D eigenvalue weighted by Gasteiger charge is -2.22. The summed E-state index contributed by atoms with van der Waals surface area (Å²) in [6.45, 7) is 2.33. The molecule has 3 heteroatoms. The normalized spacial score (nSPS) is 32.5. The van der Waals surface area contributed by atoms with E-state index in [9.17, 15) is 0 Å². The van der Waals surface area contributed by atoms with Gasteiger partial charge in [0.1, 0.15) is 5.82 Å². The quantitative estimate of drug-likeness (QED) is 0.808. The Labute approximate surface area is 103 Å². The van der Waals surface area contributed by atoms with E-state index in [1.807, 2.05) is 6.20 Å². The minimum Gasteiger partial charge on any atom is -0.324 e. The first-order valence-electron chi connectivity index (χ1n) is 6.85. The minimum atomic E-state index is 0.162. The Hall–Kier alpha value is -0.960. The SMILES string of the molecule is CC1CCC(c2ncc3c(n2)CCCC3N)C1. The molecule has 2 N–H and O–H groups in total. The average molecular weight is 231 g/mol. The van der Waals surface area contributed by atoms with Crippen LogP contribution in [0.4, 0.5) is 0 Å². The molecule has 0 aromatic carbocycles. The number of nitrogens with zero attached hydrogens (tertiary/aromatic N) is 2. The fourth-order valence-corrected chi connectivity index (χ4v) is 3.24. The van der Waals surface area contributed by atoms with Crippen LogP contribution in [0.15, 0.2) is 6.20 Å². The van der Waals surface area contributed by atoms with Crippen molar-refractivity contribution in [2.24, 2.45) is 11.7 Å². The predicted molar refractivity (Wildman–Crippen MR) is 67.7 cm³/mol. The van der Waals surface area contributed by atoms with Gasteiger partial charge in [-0.05, 0) is 44.4 Å². The van der Waals surface area contributed by atoms with Crippen molar-refractivity contribution in [2.75, 3.05) is 0 Å². The molecule has 2 aliphatic carbocycles. The smallest absolute Gasteiger partial charge is 0.131 e. The van der Waals surface area contributed by atoms with Crippen molar-refractivity contribution in [3.63, 3.8) is 0 Å². The van der Waals surface area contributed by atoms with Crippen LogP contribution in [0.1, 0.15) is 68.1 Å². The predicted octanol–water partition coefficient (Wildman–Crippen LogP) is 2.72. The van der Waals surface area contributed by atoms with E-state index in [1.165, 1.54) is 36.9 Å². The van der Waals surface area contributed by atoms with Gasteiger partial charge >= 0.3 is 0 Å². The summed E-state index contributed by atoms with van der Waals surface area (Å²) in [4.78, 5) is 9.36. The standard InChI is InChI=1S/C14H21N3/c1-9-5-6-10(7-9)14-16-8-11-12(15)3-2-4-13(11)17-14/h8-10,12H,2-7,15H2,1H3. The lowest BCUT2D eigenvalue weighted by atomic mass is 9.92. The number of nitrogens with two attached hydrogens (primary N) is 1. The Kier molecular flexibility index (Phi) is 2.87. The molecule has 0 amide bonds. The maximum Gasteiger partial charge on any atom is 0.131 e. The number of aryl methyl sites for hydroxylation is 1. The maximum atomic E-state index is 6.09. The summed E-state index contributed by atoms with van der Waals surface area (Å²) in [5, 5.41) is 0. The summed E-state index contributed by atoms with van der Waals surface area (Å²) >= 11 is 0. The van der Waals surface area contributed by atoms with Gasteiger partial charge in [-0.2, -0.15) is 0 Å². The first-order chi connectivity index (χ1) is 8.24. The van der Waals surface area contributed by atoms with Gasteiger partial charge in [0.25, 0.3) is 0 Å². The molecule has 0 radical (unpaired) electrons. The molecular formula is C14H21N3. The zero-order valence-corrected chi connectivity index (χ0v) is 10.5. The highest BCUT2D eigenvalue weighted by Gasteiger charge is 2.26. The number of hydrogen-bond donors (Lipinski definition) is 1. The zero-order chi connectivity index (χ0) is 11.8. The summed E-state index contributed by atoms with van der Waals surface area (Å²) in [7, 11) is 0. The minimum absolute atomic E-state index is 0.162. The van der Waals surface area contributed by atoms with Gasteiger partial charge in [0.15, 0.2) is 0 Å². The lowest BCUT2D eigenvalue weighted by molar-refractivity contribution is 0.541. The van der Waals surface area contributed by atoms with E-state index in [-0.39, 0.29) is 6.04 Å². The highest BCUT2D eigenvalue weighted by atomic mass is 14.9. The Morgan fingerprint density at radius 1 is 1.29 bits per heavy atom. The van der Waals surface area contributed by atoms with Gasteiger partial charge in [0.05, 0.1) is 0 Å². The van der Waals surface area contributed by atoms with E-state index in [0.717, 1.165) is 24.6 Å². The second-order valence-corrected chi connectivity index (χ2v) is 5.74. The molecule has 1 fully saturated rings. The topological polar surface area (TPSA) is 51.8 Å². The highest BCUT2D eigenvalue weighted by Crippen LogP contribution is 2.37. The van der Waals surface area contributed by atoms with Gasteiger partial charge in [-0.3, -0.25) is 0 Å². The maximum absolute atomic E-state index is 6.09. The monoisotopic (exact) mass is 231 g/mol. The van der Waals surface area contributed by atoms with Crippen LogP contribution in [-0.2, 0) is 6.42 Å². The van der Waals surface area contributed by atoms with Gasteiger partial charge in [-0.1, -0.05) is 6.92 Å². The molecule has 17 heavy (non-hydrogen) atoms. The Morgan fingerprint density at radius 2 is 2.18 bits per heavy atom. The first-order valence-corrected chi connectivity index (χ1v) is 6.85. The van der Waals surface area contributed by atoms with E-state index in [2.05, 4.69) is 11.9 Å². The molecule has 3 rings (SSSR count). The molecule has 0 bridgehead atoms. The molecule has 3 unspecified atom stereocenters. The molecule has 2 aliphatic rings. The Morgan fingerprint density at radius 3 is 2.94 bits per heavy atom. The third kappa shape index (κ3) is 2.08. The molecule has 92 valence electrons. The summed E-state index contributed by atoms with van der Waals surface area (Å²) in [5.41, 5.74) is 8.49. The highest BCUT2D eigenvalue weighted by molar-refractivity contribution is 5.25. The molecule has 1 aromatic rings. The van der Waals surface area contributed by atoms with Crippen LogP contribution in [0.2, 0.25) is 0 Å². The van der Waals surface area contributed by atoms with E-state index in [4.69, 9.17) is 10.7 Å². The average Bonchev–Trinajstić information content (AvgIpc) is 2.76. The van der Waals surface area contributed by atoms with E-state index < -0.39 is 0 Å². The van der Waals surface area contributed by atoms with Crippen LogP contribution in [0.5, 0.6) is 0 Å². The van der Waals surface area contributed by atoms with Crippen molar-refractivity contribution < 1.29 is 0 Å². The Bertz CT molecular complexity index is 416. The number of rotatable bonds is 1. The number of hydrogen-bond acceptors (Lipinski definition) is 3. The summed E-state index contributed by atoms with van der Waals surface area (Å²) < 4.78 is 0. The van der Waals surface area contributed by atoms with Crippen molar-refractivity contribution >= 4 is 0 Å². The Balaban J connectivity index is 1.88. The van der Waals surface area contributed by atoms with Gasteiger partial charge in [0, 0.05) is 29.4 Å². The summed E-state index contributed by atoms with van der Waals surface area (Å²) in [5.74, 6) is 2.50. The van der Waals surface area contributed by atoms with Gasteiger partial charge in [0.2, 0.25) is 0 Å². The molecule has 3 nitrogen and oxygen atoms in total. The third-order valence-electron chi connectivity index (χ3n) is 4.31. The molecule has 1 saturated carbocycles. The van der Waals surface area contributed by atoms with Crippen molar-refractivity contribution in [1.29, 1.82) is 0 Å². The van der Waals surface area contributed by atoms with Crippen LogP contribution in [0.25, 0.3) is 0 Å². The van der Waals surface area contributed by atoms with Crippen LogP contribution < -0.4 is 5.73 Å². The summed E-state index contributed by atoms with van der Waals surface area (Å²) in [6.07, 6.45) is 9.16. The molecule has 1 heterocycles. The fraction of sp³-hybridized carbons (Fsp3) is 0.714. The van der Waals surface area contributed by atoms with Crippen molar-refractivity contribution in [3.05, 3.63) is 23.3 Å². The summed E-state index contributed by atoms with van der Waals surface area (Å²) in [6, 6.07) is 0.162. The molecule has 3 atom stereocenters. The molecule has 0 saturated heterocycles. The van der Waals surface area contributed by atoms with Crippen LogP contribution in [0.3, 0.4) is 0 Å².